The van der Waals surface area contributed by atoms with Gasteiger partial charge in [-0.1, -0.05) is 36.9 Å². The molecular weight excluding hydrogens is 528 g/mol. The minimum atomic E-state index is -4.28. The van der Waals surface area contributed by atoms with Crippen LogP contribution >= 0.6 is 0 Å². The number of rotatable bonds is 7. The molecule has 0 aliphatic carbocycles. The summed E-state index contributed by atoms with van der Waals surface area (Å²) in [5, 5.41) is 5.39. The van der Waals surface area contributed by atoms with E-state index in [1.54, 1.807) is 33.8 Å². The third kappa shape index (κ3) is 5.10. The summed E-state index contributed by atoms with van der Waals surface area (Å²) in [7, 11) is -4.28. The van der Waals surface area contributed by atoms with Crippen molar-refractivity contribution in [3.05, 3.63) is 78.6 Å². The standard InChI is InChI=1S/C26H25F2N7O3S/c1-2-21(36)34-12-4-5-18(14-34)35-26-22(25(29)30-15-31-26)24(33-35)17-10-8-16(9-11-17)13-32-39(37,38)20-7-3-6-19(27)23(20)28/h2-3,6-11,15,18,32H,1,4-5,12-14H2,(H2,29,30,31). The third-order valence-electron chi connectivity index (χ3n) is 6.65. The number of aromatic nitrogens is 4. The van der Waals surface area contributed by atoms with Gasteiger partial charge in [-0.3, -0.25) is 4.79 Å². The molecule has 1 amide bonds. The fourth-order valence-corrected chi connectivity index (χ4v) is 5.77. The molecule has 0 spiro atoms. The first-order valence-electron chi connectivity index (χ1n) is 12.1. The van der Waals surface area contributed by atoms with E-state index in [1.807, 2.05) is 0 Å². The lowest BCUT2D eigenvalue weighted by Gasteiger charge is -2.32. The first-order chi connectivity index (χ1) is 18.7. The first-order valence-corrected chi connectivity index (χ1v) is 13.6. The molecule has 4 aromatic rings. The molecule has 0 saturated carbocycles. The number of nitrogens with two attached hydrogens (primary N) is 1. The molecule has 13 heteroatoms. The molecular formula is C26H25F2N7O3S. The number of hydrogen-bond acceptors (Lipinski definition) is 7. The smallest absolute Gasteiger partial charge is 0.246 e. The maximum absolute atomic E-state index is 14.0. The van der Waals surface area contributed by atoms with Crippen molar-refractivity contribution in [3.63, 3.8) is 0 Å². The molecule has 202 valence electrons. The maximum Gasteiger partial charge on any atom is 0.246 e. The molecule has 1 saturated heterocycles. The zero-order valence-corrected chi connectivity index (χ0v) is 21.5. The van der Waals surface area contributed by atoms with Gasteiger partial charge < -0.3 is 10.6 Å². The predicted octanol–water partition coefficient (Wildman–Crippen LogP) is 3.18. The summed E-state index contributed by atoms with van der Waals surface area (Å²) < 4.78 is 56.6. The molecule has 1 unspecified atom stereocenters. The van der Waals surface area contributed by atoms with Gasteiger partial charge in [-0.25, -0.2) is 36.6 Å². The number of sulfonamides is 1. The Balaban J connectivity index is 1.41. The van der Waals surface area contributed by atoms with Crippen LogP contribution in [-0.2, 0) is 21.4 Å². The number of nitrogen functional groups attached to an aromatic ring is 1. The van der Waals surface area contributed by atoms with Gasteiger partial charge in [0.1, 0.15) is 22.7 Å². The molecule has 0 radical (unpaired) electrons. The van der Waals surface area contributed by atoms with Crippen LogP contribution in [0.1, 0.15) is 24.4 Å². The van der Waals surface area contributed by atoms with Crippen molar-refractivity contribution in [1.29, 1.82) is 0 Å². The Bertz CT molecular complexity index is 1670. The largest absolute Gasteiger partial charge is 0.383 e. The number of fused-ring (bicyclic) bond motifs is 1. The zero-order chi connectivity index (χ0) is 27.7. The van der Waals surface area contributed by atoms with Crippen LogP contribution in [-0.4, -0.2) is 52.1 Å². The van der Waals surface area contributed by atoms with E-state index < -0.39 is 26.6 Å². The predicted molar refractivity (Wildman–Crippen MR) is 141 cm³/mol. The average molecular weight is 554 g/mol. The number of nitrogens with zero attached hydrogens (tertiary/aromatic N) is 5. The number of likely N-dealkylation sites (tertiary alicyclic amines) is 1. The summed E-state index contributed by atoms with van der Waals surface area (Å²) in [4.78, 5) is 21.7. The summed E-state index contributed by atoms with van der Waals surface area (Å²) in [6, 6.07) is 9.73. The Hall–Kier alpha value is -4.23. The van der Waals surface area contributed by atoms with Crippen LogP contribution in [0, 0.1) is 11.6 Å². The lowest BCUT2D eigenvalue weighted by Crippen LogP contribution is -2.40. The summed E-state index contributed by atoms with van der Waals surface area (Å²) in [6.45, 7) is 4.53. The molecule has 39 heavy (non-hydrogen) atoms. The Kier molecular flexibility index (Phi) is 7.10. The number of carbonyl (C=O) groups is 1. The number of anilines is 1. The van der Waals surface area contributed by atoms with E-state index >= 15 is 0 Å². The van der Waals surface area contributed by atoms with Crippen LogP contribution in [0.2, 0.25) is 0 Å². The number of carbonyl (C=O) groups excluding carboxylic acids is 1. The summed E-state index contributed by atoms with van der Waals surface area (Å²) in [5.41, 5.74) is 8.59. The minimum absolute atomic E-state index is 0.120. The van der Waals surface area contributed by atoms with Crippen molar-refractivity contribution >= 4 is 32.8 Å². The van der Waals surface area contributed by atoms with Crippen molar-refractivity contribution in [2.75, 3.05) is 18.8 Å². The average Bonchev–Trinajstić information content (AvgIpc) is 3.34. The molecule has 1 aliphatic rings. The number of amides is 1. The van der Waals surface area contributed by atoms with E-state index in [4.69, 9.17) is 10.8 Å². The Morgan fingerprint density at radius 1 is 1.18 bits per heavy atom. The minimum Gasteiger partial charge on any atom is -0.383 e. The topological polar surface area (TPSA) is 136 Å². The van der Waals surface area contributed by atoms with E-state index in [1.165, 1.54) is 12.4 Å². The highest BCUT2D eigenvalue weighted by Crippen LogP contribution is 2.34. The Labute approximate surface area is 223 Å². The lowest BCUT2D eigenvalue weighted by atomic mass is 10.1. The fourth-order valence-electron chi connectivity index (χ4n) is 4.66. The van der Waals surface area contributed by atoms with Crippen molar-refractivity contribution in [1.82, 2.24) is 29.4 Å². The third-order valence-corrected chi connectivity index (χ3v) is 8.06. The number of halogens is 2. The van der Waals surface area contributed by atoms with Crippen LogP contribution in [0.4, 0.5) is 14.6 Å². The fraction of sp³-hybridized carbons (Fsp3) is 0.231. The molecule has 1 atom stereocenters. The van der Waals surface area contributed by atoms with Crippen LogP contribution in [0.5, 0.6) is 0 Å². The van der Waals surface area contributed by atoms with Crippen molar-refractivity contribution < 1.29 is 22.0 Å². The second-order valence-electron chi connectivity index (χ2n) is 9.11. The zero-order valence-electron chi connectivity index (χ0n) is 20.7. The number of nitrogens with one attached hydrogen (secondary N) is 1. The van der Waals surface area contributed by atoms with Gasteiger partial charge in [0.15, 0.2) is 17.3 Å². The van der Waals surface area contributed by atoms with Crippen LogP contribution in [0.25, 0.3) is 22.3 Å². The van der Waals surface area contributed by atoms with Crippen molar-refractivity contribution in [2.45, 2.75) is 30.3 Å². The number of hydrogen-bond donors (Lipinski definition) is 2. The SMILES string of the molecule is C=CC(=O)N1CCCC(n2nc(-c3ccc(CNS(=O)(=O)c4cccc(F)c4F)cc3)c3c(N)ncnc32)C1. The number of benzene rings is 2. The molecule has 3 N–H and O–H groups in total. The van der Waals surface area contributed by atoms with E-state index in [-0.39, 0.29) is 24.3 Å². The molecule has 2 aromatic carbocycles. The van der Waals surface area contributed by atoms with Gasteiger partial charge >= 0.3 is 0 Å². The molecule has 3 heterocycles. The van der Waals surface area contributed by atoms with Gasteiger partial charge in [0, 0.05) is 25.2 Å². The lowest BCUT2D eigenvalue weighted by molar-refractivity contribution is -0.127. The van der Waals surface area contributed by atoms with E-state index in [2.05, 4.69) is 21.3 Å². The van der Waals surface area contributed by atoms with Gasteiger partial charge in [0.2, 0.25) is 15.9 Å². The maximum atomic E-state index is 14.0. The first kappa shape index (κ1) is 26.4. The van der Waals surface area contributed by atoms with Gasteiger partial charge in [0.05, 0.1) is 11.4 Å². The van der Waals surface area contributed by atoms with Gasteiger partial charge in [0.25, 0.3) is 0 Å². The monoisotopic (exact) mass is 553 g/mol. The summed E-state index contributed by atoms with van der Waals surface area (Å²) in [6.07, 6.45) is 4.26. The highest BCUT2D eigenvalue weighted by atomic mass is 32.2. The molecule has 5 rings (SSSR count). The highest BCUT2D eigenvalue weighted by molar-refractivity contribution is 7.89. The summed E-state index contributed by atoms with van der Waals surface area (Å²) in [5.74, 6) is -2.56. The second kappa shape index (κ2) is 10.5. The van der Waals surface area contributed by atoms with Gasteiger partial charge in [-0.15, -0.1) is 0 Å². The van der Waals surface area contributed by atoms with Crippen molar-refractivity contribution in [3.8, 4) is 11.3 Å². The van der Waals surface area contributed by atoms with E-state index in [0.29, 0.717) is 40.9 Å². The van der Waals surface area contributed by atoms with Crippen LogP contribution < -0.4 is 10.5 Å². The highest BCUT2D eigenvalue weighted by Gasteiger charge is 2.28. The molecule has 0 bridgehead atoms. The van der Waals surface area contributed by atoms with E-state index in [9.17, 15) is 22.0 Å². The molecule has 1 aliphatic heterocycles. The van der Waals surface area contributed by atoms with Crippen LogP contribution in [0.15, 0.2) is 66.3 Å². The number of piperidine rings is 1. The Morgan fingerprint density at radius 3 is 2.69 bits per heavy atom. The second-order valence-corrected chi connectivity index (χ2v) is 10.8. The van der Waals surface area contributed by atoms with Crippen molar-refractivity contribution in [2.24, 2.45) is 0 Å². The quantitative estimate of drug-likeness (QED) is 0.336. The molecule has 10 nitrogen and oxygen atoms in total. The van der Waals surface area contributed by atoms with Crippen LogP contribution in [0.3, 0.4) is 0 Å². The molecule has 2 aromatic heterocycles. The van der Waals surface area contributed by atoms with Gasteiger partial charge in [-0.05, 0) is 36.6 Å². The van der Waals surface area contributed by atoms with Gasteiger partial charge in [-0.2, -0.15) is 5.10 Å². The molecule has 1 fully saturated rings. The normalized spacial score (nSPS) is 15.9. The summed E-state index contributed by atoms with van der Waals surface area (Å²) >= 11 is 0. The Morgan fingerprint density at radius 2 is 1.95 bits per heavy atom. The van der Waals surface area contributed by atoms with E-state index in [0.717, 1.165) is 31.0 Å².